The summed E-state index contributed by atoms with van der Waals surface area (Å²) in [5.74, 6) is 0. The minimum absolute atomic E-state index is 0.0498. The number of rotatable bonds is 4. The van der Waals surface area contributed by atoms with Crippen molar-refractivity contribution in [2.75, 3.05) is 0 Å². The van der Waals surface area contributed by atoms with Crippen molar-refractivity contribution < 1.29 is 0 Å². The Morgan fingerprint density at radius 1 is 1.47 bits per heavy atom. The smallest absolute Gasteiger partial charge is 0.101 e. The van der Waals surface area contributed by atoms with Crippen LogP contribution >= 0.6 is 27.5 Å². The van der Waals surface area contributed by atoms with Crippen molar-refractivity contribution in [1.29, 1.82) is 0 Å². The second-order valence-electron chi connectivity index (χ2n) is 3.85. The molecule has 0 saturated carbocycles. The molecule has 17 heavy (non-hydrogen) atoms. The first kappa shape index (κ1) is 12.6. The molecule has 1 aromatic carbocycles. The molecule has 0 radical (unpaired) electrons. The van der Waals surface area contributed by atoms with E-state index in [1.54, 1.807) is 0 Å². The molecule has 2 rings (SSSR count). The van der Waals surface area contributed by atoms with Crippen LogP contribution < -0.4 is 0 Å². The van der Waals surface area contributed by atoms with E-state index in [-0.39, 0.29) is 5.38 Å². The molecule has 1 unspecified atom stereocenters. The lowest BCUT2D eigenvalue weighted by atomic mass is 10.2. The van der Waals surface area contributed by atoms with Crippen LogP contribution in [0.5, 0.6) is 0 Å². The van der Waals surface area contributed by atoms with Gasteiger partial charge in [-0.2, -0.15) is 0 Å². The van der Waals surface area contributed by atoms with E-state index in [1.807, 2.05) is 29.9 Å². The first-order valence-corrected chi connectivity index (χ1v) is 6.70. The van der Waals surface area contributed by atoms with E-state index in [2.05, 4.69) is 38.4 Å². The van der Waals surface area contributed by atoms with Crippen LogP contribution in [-0.2, 0) is 6.54 Å². The molecule has 1 atom stereocenters. The highest BCUT2D eigenvalue weighted by molar-refractivity contribution is 9.10. The SMILES string of the molecule is CCC(Cl)c1cn(Cc2cccc(Br)c2)nn1. The first-order chi connectivity index (χ1) is 8.19. The van der Waals surface area contributed by atoms with E-state index in [0.717, 1.165) is 16.6 Å². The number of nitrogens with zero attached hydrogens (tertiary/aromatic N) is 3. The van der Waals surface area contributed by atoms with Crippen molar-refractivity contribution in [3.05, 3.63) is 46.2 Å². The minimum Gasteiger partial charge on any atom is -0.248 e. The van der Waals surface area contributed by atoms with Gasteiger partial charge in [-0.15, -0.1) is 16.7 Å². The van der Waals surface area contributed by atoms with Crippen LogP contribution in [0.2, 0.25) is 0 Å². The predicted molar refractivity (Wildman–Crippen MR) is 72.2 cm³/mol. The van der Waals surface area contributed by atoms with Crippen molar-refractivity contribution in [3.8, 4) is 0 Å². The van der Waals surface area contributed by atoms with E-state index < -0.39 is 0 Å². The maximum absolute atomic E-state index is 6.11. The topological polar surface area (TPSA) is 30.7 Å². The molecule has 0 amide bonds. The summed E-state index contributed by atoms with van der Waals surface area (Å²) in [6.45, 7) is 2.74. The molecule has 0 bridgehead atoms. The monoisotopic (exact) mass is 313 g/mol. The highest BCUT2D eigenvalue weighted by atomic mass is 79.9. The van der Waals surface area contributed by atoms with Gasteiger partial charge in [-0.05, 0) is 24.1 Å². The summed E-state index contributed by atoms with van der Waals surface area (Å²) in [6.07, 6.45) is 2.76. The third-order valence-electron chi connectivity index (χ3n) is 2.47. The maximum atomic E-state index is 6.11. The van der Waals surface area contributed by atoms with Gasteiger partial charge in [0.2, 0.25) is 0 Å². The molecule has 0 aliphatic heterocycles. The van der Waals surface area contributed by atoms with Crippen molar-refractivity contribution in [2.24, 2.45) is 0 Å². The summed E-state index contributed by atoms with van der Waals surface area (Å²) in [6, 6.07) is 8.14. The Morgan fingerprint density at radius 3 is 3.00 bits per heavy atom. The summed E-state index contributed by atoms with van der Waals surface area (Å²) in [5, 5.41) is 8.10. The Hall–Kier alpha value is -0.870. The number of alkyl halides is 1. The second kappa shape index (κ2) is 5.65. The van der Waals surface area contributed by atoms with Gasteiger partial charge in [0.05, 0.1) is 18.1 Å². The molecule has 90 valence electrons. The highest BCUT2D eigenvalue weighted by Gasteiger charge is 2.09. The molecular weight excluding hydrogens is 302 g/mol. The molecule has 0 saturated heterocycles. The van der Waals surface area contributed by atoms with Crippen LogP contribution in [0, 0.1) is 0 Å². The van der Waals surface area contributed by atoms with E-state index in [4.69, 9.17) is 11.6 Å². The van der Waals surface area contributed by atoms with E-state index in [0.29, 0.717) is 6.54 Å². The minimum atomic E-state index is -0.0498. The van der Waals surface area contributed by atoms with Crippen LogP contribution in [0.15, 0.2) is 34.9 Å². The van der Waals surface area contributed by atoms with Gasteiger partial charge in [0.1, 0.15) is 5.69 Å². The number of hydrogen-bond acceptors (Lipinski definition) is 2. The van der Waals surface area contributed by atoms with Crippen molar-refractivity contribution in [3.63, 3.8) is 0 Å². The van der Waals surface area contributed by atoms with E-state index >= 15 is 0 Å². The molecule has 1 heterocycles. The Labute approximate surface area is 114 Å². The lowest BCUT2D eigenvalue weighted by Gasteiger charge is -2.01. The highest BCUT2D eigenvalue weighted by Crippen LogP contribution is 2.21. The normalized spacial score (nSPS) is 12.6. The zero-order chi connectivity index (χ0) is 12.3. The fraction of sp³-hybridized carbons (Fsp3) is 0.333. The zero-order valence-electron chi connectivity index (χ0n) is 9.48. The van der Waals surface area contributed by atoms with E-state index in [9.17, 15) is 0 Å². The van der Waals surface area contributed by atoms with Gasteiger partial charge in [0.15, 0.2) is 0 Å². The predicted octanol–water partition coefficient (Wildman–Crippen LogP) is 3.78. The summed E-state index contributed by atoms with van der Waals surface area (Å²) < 4.78 is 2.88. The quantitative estimate of drug-likeness (QED) is 0.804. The average Bonchev–Trinajstić information content (AvgIpc) is 2.76. The molecule has 5 heteroatoms. The van der Waals surface area contributed by atoms with Crippen LogP contribution in [0.25, 0.3) is 0 Å². The fourth-order valence-corrected chi connectivity index (χ4v) is 2.11. The molecule has 0 aliphatic carbocycles. The van der Waals surface area contributed by atoms with Crippen LogP contribution in [-0.4, -0.2) is 15.0 Å². The standard InChI is InChI=1S/C12H13BrClN3/c1-2-11(14)12-8-17(16-15-12)7-9-4-3-5-10(13)6-9/h3-6,8,11H,2,7H2,1H3. The van der Waals surface area contributed by atoms with Gasteiger partial charge >= 0.3 is 0 Å². The Morgan fingerprint density at radius 2 is 2.29 bits per heavy atom. The number of aromatic nitrogens is 3. The zero-order valence-corrected chi connectivity index (χ0v) is 11.8. The van der Waals surface area contributed by atoms with Gasteiger partial charge in [-0.1, -0.05) is 40.2 Å². The average molecular weight is 315 g/mol. The van der Waals surface area contributed by atoms with Gasteiger partial charge in [0, 0.05) is 4.47 Å². The molecular formula is C12H13BrClN3. The van der Waals surface area contributed by atoms with Crippen molar-refractivity contribution in [2.45, 2.75) is 25.3 Å². The maximum Gasteiger partial charge on any atom is 0.101 e. The van der Waals surface area contributed by atoms with Crippen molar-refractivity contribution in [1.82, 2.24) is 15.0 Å². The van der Waals surface area contributed by atoms with Gasteiger partial charge < -0.3 is 0 Å². The number of halogens is 2. The van der Waals surface area contributed by atoms with Crippen LogP contribution in [0.3, 0.4) is 0 Å². The first-order valence-electron chi connectivity index (χ1n) is 5.47. The fourth-order valence-electron chi connectivity index (χ4n) is 1.57. The Balaban J connectivity index is 2.11. The lowest BCUT2D eigenvalue weighted by Crippen LogP contribution is -2.00. The molecule has 0 aliphatic rings. The van der Waals surface area contributed by atoms with Crippen molar-refractivity contribution >= 4 is 27.5 Å². The summed E-state index contributed by atoms with van der Waals surface area (Å²) in [7, 11) is 0. The van der Waals surface area contributed by atoms with E-state index in [1.165, 1.54) is 5.56 Å². The molecule has 0 spiro atoms. The summed E-state index contributed by atoms with van der Waals surface area (Å²) in [5.41, 5.74) is 2.02. The molecule has 2 aromatic rings. The Kier molecular flexibility index (Phi) is 4.18. The number of hydrogen-bond donors (Lipinski definition) is 0. The van der Waals surface area contributed by atoms with Gasteiger partial charge in [0.25, 0.3) is 0 Å². The molecule has 3 nitrogen and oxygen atoms in total. The summed E-state index contributed by atoms with van der Waals surface area (Å²) in [4.78, 5) is 0. The van der Waals surface area contributed by atoms with Crippen LogP contribution in [0.4, 0.5) is 0 Å². The third-order valence-corrected chi connectivity index (χ3v) is 3.49. The molecule has 0 N–H and O–H groups in total. The largest absolute Gasteiger partial charge is 0.248 e. The van der Waals surface area contributed by atoms with Gasteiger partial charge in [-0.25, -0.2) is 4.68 Å². The molecule has 0 fully saturated rings. The summed E-state index contributed by atoms with van der Waals surface area (Å²) >= 11 is 9.56. The molecule has 1 aromatic heterocycles. The lowest BCUT2D eigenvalue weighted by molar-refractivity contribution is 0.648. The number of benzene rings is 1. The third kappa shape index (κ3) is 3.30. The Bertz CT molecular complexity index is 498. The van der Waals surface area contributed by atoms with Gasteiger partial charge in [-0.3, -0.25) is 0 Å². The second-order valence-corrected chi connectivity index (χ2v) is 5.29. The van der Waals surface area contributed by atoms with Crippen LogP contribution in [0.1, 0.15) is 30.0 Å².